The van der Waals surface area contributed by atoms with Gasteiger partial charge < -0.3 is 10.4 Å². The molecule has 0 atom stereocenters. The Labute approximate surface area is 99.1 Å². The zero-order valence-electron chi connectivity index (χ0n) is 9.51. The number of amides is 1. The molecule has 1 heterocycles. The molecule has 2 N–H and O–H groups in total. The van der Waals surface area contributed by atoms with Gasteiger partial charge in [0.05, 0.1) is 13.2 Å². The molecule has 6 heteroatoms. The predicted octanol–water partition coefficient (Wildman–Crippen LogP) is 0.784. The van der Waals surface area contributed by atoms with Gasteiger partial charge in [0.15, 0.2) is 5.13 Å². The molecule has 0 spiro atoms. The van der Waals surface area contributed by atoms with Crippen molar-refractivity contribution in [2.75, 3.05) is 25.0 Å². The maximum Gasteiger partial charge on any atom is 0.240 e. The number of hydrogen-bond donors (Lipinski definition) is 2. The van der Waals surface area contributed by atoms with Crippen LogP contribution in [0.4, 0.5) is 5.13 Å². The highest BCUT2D eigenvalue weighted by atomic mass is 32.1. The van der Waals surface area contributed by atoms with E-state index < -0.39 is 0 Å². The lowest BCUT2D eigenvalue weighted by Gasteiger charge is -2.24. The van der Waals surface area contributed by atoms with Crippen molar-refractivity contribution in [2.24, 2.45) is 0 Å². The van der Waals surface area contributed by atoms with Gasteiger partial charge in [0.2, 0.25) is 5.91 Å². The molecule has 0 aliphatic heterocycles. The Kier molecular flexibility index (Phi) is 5.37. The first-order valence-corrected chi connectivity index (χ1v) is 6.05. The Morgan fingerprint density at radius 2 is 2.44 bits per heavy atom. The minimum Gasteiger partial charge on any atom is -0.395 e. The monoisotopic (exact) mass is 243 g/mol. The van der Waals surface area contributed by atoms with Crippen molar-refractivity contribution in [3.63, 3.8) is 0 Å². The van der Waals surface area contributed by atoms with Crippen LogP contribution in [0.2, 0.25) is 0 Å². The number of carbonyl (C=O) groups excluding carboxylic acids is 1. The van der Waals surface area contributed by atoms with E-state index in [1.807, 2.05) is 24.1 Å². The maximum absolute atomic E-state index is 11.6. The number of aliphatic hydroxyl groups excluding tert-OH is 1. The van der Waals surface area contributed by atoms with E-state index in [2.05, 4.69) is 10.3 Å². The lowest BCUT2D eigenvalue weighted by atomic mass is 10.3. The van der Waals surface area contributed by atoms with Gasteiger partial charge in [-0.15, -0.1) is 11.3 Å². The van der Waals surface area contributed by atoms with Gasteiger partial charge >= 0.3 is 0 Å². The lowest BCUT2D eigenvalue weighted by Crippen LogP contribution is -2.39. The molecule has 0 fully saturated rings. The first kappa shape index (κ1) is 13.1. The third-order valence-corrected chi connectivity index (χ3v) is 2.83. The van der Waals surface area contributed by atoms with Crippen molar-refractivity contribution in [3.8, 4) is 0 Å². The molecular formula is C10H17N3O2S. The van der Waals surface area contributed by atoms with Gasteiger partial charge in [-0.05, 0) is 13.8 Å². The summed E-state index contributed by atoms with van der Waals surface area (Å²) in [6, 6.07) is 0.231. The van der Waals surface area contributed by atoms with Crippen LogP contribution in [-0.4, -0.2) is 46.6 Å². The number of aliphatic hydroxyl groups is 1. The molecule has 1 aromatic heterocycles. The number of anilines is 1. The molecule has 0 aliphatic rings. The minimum atomic E-state index is -0.0999. The molecule has 1 amide bonds. The van der Waals surface area contributed by atoms with Crippen LogP contribution in [0, 0.1) is 0 Å². The summed E-state index contributed by atoms with van der Waals surface area (Å²) in [6.45, 7) is 4.82. The van der Waals surface area contributed by atoms with Crippen molar-refractivity contribution in [1.82, 2.24) is 9.88 Å². The van der Waals surface area contributed by atoms with E-state index in [0.717, 1.165) is 0 Å². The number of nitrogens with zero attached hydrogens (tertiary/aromatic N) is 2. The summed E-state index contributed by atoms with van der Waals surface area (Å²) in [6.07, 6.45) is 1.65. The summed E-state index contributed by atoms with van der Waals surface area (Å²) in [5.41, 5.74) is 0. The predicted molar refractivity (Wildman–Crippen MR) is 64.5 cm³/mol. The van der Waals surface area contributed by atoms with Crippen molar-refractivity contribution < 1.29 is 9.90 Å². The third-order valence-electron chi connectivity index (χ3n) is 2.14. The van der Waals surface area contributed by atoms with Gasteiger partial charge in [0.25, 0.3) is 0 Å². The fraction of sp³-hybridized carbons (Fsp3) is 0.600. The number of thiazole rings is 1. The number of nitrogens with one attached hydrogen (secondary N) is 1. The summed E-state index contributed by atoms with van der Waals surface area (Å²) >= 11 is 1.39. The van der Waals surface area contributed by atoms with E-state index >= 15 is 0 Å². The Hall–Kier alpha value is -0.980. The van der Waals surface area contributed by atoms with Crippen LogP contribution in [0.3, 0.4) is 0 Å². The van der Waals surface area contributed by atoms with Crippen LogP contribution >= 0.6 is 11.3 Å². The van der Waals surface area contributed by atoms with E-state index in [1.165, 1.54) is 11.3 Å². The lowest BCUT2D eigenvalue weighted by molar-refractivity contribution is -0.117. The Balaban J connectivity index is 2.42. The second-order valence-electron chi connectivity index (χ2n) is 3.67. The quantitative estimate of drug-likeness (QED) is 0.775. The van der Waals surface area contributed by atoms with Gasteiger partial charge in [0.1, 0.15) is 0 Å². The summed E-state index contributed by atoms with van der Waals surface area (Å²) in [4.78, 5) is 17.5. The molecule has 0 aliphatic carbocycles. The number of rotatable bonds is 6. The van der Waals surface area contributed by atoms with Crippen LogP contribution in [-0.2, 0) is 4.79 Å². The zero-order valence-corrected chi connectivity index (χ0v) is 10.3. The summed E-state index contributed by atoms with van der Waals surface area (Å²) in [7, 11) is 0. The number of aromatic nitrogens is 1. The highest BCUT2D eigenvalue weighted by Gasteiger charge is 2.13. The van der Waals surface area contributed by atoms with Gasteiger partial charge in [-0.1, -0.05) is 0 Å². The highest BCUT2D eigenvalue weighted by molar-refractivity contribution is 7.13. The van der Waals surface area contributed by atoms with Crippen molar-refractivity contribution in [1.29, 1.82) is 0 Å². The van der Waals surface area contributed by atoms with Gasteiger partial charge in [-0.25, -0.2) is 4.98 Å². The highest BCUT2D eigenvalue weighted by Crippen LogP contribution is 2.10. The second kappa shape index (κ2) is 6.57. The SMILES string of the molecule is CC(C)N(CCO)CC(=O)Nc1nccs1. The van der Waals surface area contributed by atoms with Gasteiger partial charge in [-0.2, -0.15) is 0 Å². The normalized spacial score (nSPS) is 11.1. The summed E-state index contributed by atoms with van der Waals surface area (Å²) in [5, 5.41) is 14.0. The first-order chi connectivity index (χ1) is 7.63. The smallest absolute Gasteiger partial charge is 0.240 e. The zero-order chi connectivity index (χ0) is 12.0. The number of hydrogen-bond acceptors (Lipinski definition) is 5. The molecule has 16 heavy (non-hydrogen) atoms. The molecule has 90 valence electrons. The summed E-state index contributed by atoms with van der Waals surface area (Å²) < 4.78 is 0. The summed E-state index contributed by atoms with van der Waals surface area (Å²) in [5.74, 6) is -0.0999. The average molecular weight is 243 g/mol. The largest absolute Gasteiger partial charge is 0.395 e. The molecule has 0 bridgehead atoms. The molecule has 0 saturated heterocycles. The molecule has 0 aromatic carbocycles. The van der Waals surface area contributed by atoms with E-state index in [-0.39, 0.29) is 25.1 Å². The molecule has 5 nitrogen and oxygen atoms in total. The number of carbonyl (C=O) groups is 1. The first-order valence-electron chi connectivity index (χ1n) is 5.17. The van der Waals surface area contributed by atoms with Crippen LogP contribution in [0.5, 0.6) is 0 Å². The topological polar surface area (TPSA) is 65.5 Å². The molecule has 0 radical (unpaired) electrons. The molecule has 1 aromatic rings. The van der Waals surface area contributed by atoms with Gasteiger partial charge in [-0.3, -0.25) is 9.69 Å². The van der Waals surface area contributed by atoms with Crippen molar-refractivity contribution in [3.05, 3.63) is 11.6 Å². The Morgan fingerprint density at radius 3 is 2.94 bits per heavy atom. The van der Waals surface area contributed by atoms with E-state index in [1.54, 1.807) is 6.20 Å². The third kappa shape index (κ3) is 4.26. The standard InChI is InChI=1S/C10H17N3O2S/c1-8(2)13(4-5-14)7-9(15)12-10-11-3-6-16-10/h3,6,8,14H,4-5,7H2,1-2H3,(H,11,12,15). The Morgan fingerprint density at radius 1 is 1.69 bits per heavy atom. The van der Waals surface area contributed by atoms with Gasteiger partial charge in [0, 0.05) is 24.2 Å². The average Bonchev–Trinajstić information content (AvgIpc) is 2.69. The van der Waals surface area contributed by atoms with E-state index in [9.17, 15) is 4.79 Å². The second-order valence-corrected chi connectivity index (χ2v) is 4.57. The fourth-order valence-corrected chi connectivity index (χ4v) is 1.82. The van der Waals surface area contributed by atoms with E-state index in [0.29, 0.717) is 11.7 Å². The maximum atomic E-state index is 11.6. The van der Waals surface area contributed by atoms with Crippen molar-refractivity contribution >= 4 is 22.4 Å². The van der Waals surface area contributed by atoms with Crippen LogP contribution in [0.1, 0.15) is 13.8 Å². The van der Waals surface area contributed by atoms with E-state index in [4.69, 9.17) is 5.11 Å². The van der Waals surface area contributed by atoms with Crippen molar-refractivity contribution in [2.45, 2.75) is 19.9 Å². The van der Waals surface area contributed by atoms with Crippen LogP contribution < -0.4 is 5.32 Å². The molecule has 1 rings (SSSR count). The molecular weight excluding hydrogens is 226 g/mol. The molecule has 0 saturated carbocycles. The Bertz CT molecular complexity index is 314. The van der Waals surface area contributed by atoms with Crippen LogP contribution in [0.15, 0.2) is 11.6 Å². The minimum absolute atomic E-state index is 0.0582. The molecule has 0 unspecified atom stereocenters. The van der Waals surface area contributed by atoms with Crippen LogP contribution in [0.25, 0.3) is 0 Å². The fourth-order valence-electron chi connectivity index (χ4n) is 1.28.